The summed E-state index contributed by atoms with van der Waals surface area (Å²) in [6.45, 7) is 2.01. The zero-order valence-corrected chi connectivity index (χ0v) is 8.13. The average Bonchev–Trinajstić information content (AvgIpc) is 2.18. The molecule has 0 saturated carbocycles. The fraction of sp³-hybridized carbons (Fsp3) is 0.364. The molecule has 0 saturated heterocycles. The summed E-state index contributed by atoms with van der Waals surface area (Å²) >= 11 is 0. The van der Waals surface area contributed by atoms with Crippen LogP contribution in [0.5, 0.6) is 0 Å². The number of nitrogens with one attached hydrogen (secondary N) is 1. The van der Waals surface area contributed by atoms with Gasteiger partial charge in [-0.1, -0.05) is 19.1 Å². The van der Waals surface area contributed by atoms with E-state index in [2.05, 4.69) is 5.32 Å². The van der Waals surface area contributed by atoms with Crippen LogP contribution in [0.3, 0.4) is 0 Å². The number of hydrogen-bond acceptors (Lipinski definition) is 2. The number of ketones is 1. The van der Waals surface area contributed by atoms with Gasteiger partial charge in [-0.05, 0) is 18.6 Å². The number of Topliss-reactive ketones (excluding diaryl/α,β-unsaturated/α-hetero) is 1. The van der Waals surface area contributed by atoms with E-state index in [1.54, 1.807) is 0 Å². The molecular weight excluding hydrogens is 162 g/mol. The zero-order chi connectivity index (χ0) is 9.68. The van der Waals surface area contributed by atoms with Crippen LogP contribution < -0.4 is 5.32 Å². The van der Waals surface area contributed by atoms with Gasteiger partial charge in [0.1, 0.15) is 0 Å². The predicted molar refractivity (Wildman–Crippen MR) is 55.2 cm³/mol. The minimum absolute atomic E-state index is 0.222. The fourth-order valence-electron chi connectivity index (χ4n) is 1.22. The van der Waals surface area contributed by atoms with Gasteiger partial charge in [-0.3, -0.25) is 4.79 Å². The third kappa shape index (κ3) is 2.58. The van der Waals surface area contributed by atoms with Gasteiger partial charge in [0.05, 0.1) is 0 Å². The number of anilines is 1. The first-order valence-electron chi connectivity index (χ1n) is 4.59. The second-order valence-corrected chi connectivity index (χ2v) is 3.00. The van der Waals surface area contributed by atoms with Gasteiger partial charge < -0.3 is 5.32 Å². The quantitative estimate of drug-likeness (QED) is 0.716. The van der Waals surface area contributed by atoms with E-state index < -0.39 is 0 Å². The van der Waals surface area contributed by atoms with E-state index in [-0.39, 0.29) is 5.78 Å². The molecule has 0 aromatic heterocycles. The summed E-state index contributed by atoms with van der Waals surface area (Å²) in [6, 6.07) is 7.59. The monoisotopic (exact) mass is 177 g/mol. The highest BCUT2D eigenvalue weighted by Crippen LogP contribution is 2.12. The minimum Gasteiger partial charge on any atom is -0.388 e. The highest BCUT2D eigenvalue weighted by atomic mass is 16.1. The van der Waals surface area contributed by atoms with Crippen LogP contribution in [-0.4, -0.2) is 12.8 Å². The van der Waals surface area contributed by atoms with Crippen LogP contribution in [0.25, 0.3) is 0 Å². The maximum atomic E-state index is 11.5. The van der Waals surface area contributed by atoms with Crippen molar-refractivity contribution in [1.29, 1.82) is 0 Å². The largest absolute Gasteiger partial charge is 0.388 e. The Bertz CT molecular complexity index is 294. The van der Waals surface area contributed by atoms with Gasteiger partial charge in [-0.2, -0.15) is 0 Å². The van der Waals surface area contributed by atoms with Crippen LogP contribution in [-0.2, 0) is 0 Å². The van der Waals surface area contributed by atoms with Crippen LogP contribution in [0.15, 0.2) is 24.3 Å². The number of carbonyl (C=O) groups is 1. The predicted octanol–water partition coefficient (Wildman–Crippen LogP) is 2.71. The van der Waals surface area contributed by atoms with E-state index in [0.29, 0.717) is 6.42 Å². The standard InChI is InChI=1S/C11H15NO/c1-3-5-11(13)9-6-4-7-10(8-9)12-2/h4,6-8,12H,3,5H2,1-2H3. The van der Waals surface area contributed by atoms with Crippen molar-refractivity contribution in [3.63, 3.8) is 0 Å². The minimum atomic E-state index is 0.222. The van der Waals surface area contributed by atoms with Gasteiger partial charge in [0.25, 0.3) is 0 Å². The van der Waals surface area contributed by atoms with E-state index in [9.17, 15) is 4.79 Å². The molecule has 13 heavy (non-hydrogen) atoms. The molecule has 2 heteroatoms. The smallest absolute Gasteiger partial charge is 0.162 e. The summed E-state index contributed by atoms with van der Waals surface area (Å²) in [5.41, 5.74) is 1.79. The lowest BCUT2D eigenvalue weighted by molar-refractivity contribution is 0.0982. The molecule has 0 fully saturated rings. The molecule has 0 bridgehead atoms. The number of benzene rings is 1. The van der Waals surface area contributed by atoms with Gasteiger partial charge in [0, 0.05) is 24.7 Å². The fourth-order valence-corrected chi connectivity index (χ4v) is 1.22. The van der Waals surface area contributed by atoms with Gasteiger partial charge in [-0.25, -0.2) is 0 Å². The third-order valence-corrected chi connectivity index (χ3v) is 1.95. The normalized spacial score (nSPS) is 9.69. The Labute approximate surface area is 79.0 Å². The number of carbonyl (C=O) groups excluding carboxylic acids is 1. The first-order chi connectivity index (χ1) is 6.27. The topological polar surface area (TPSA) is 29.1 Å². The Kier molecular flexibility index (Phi) is 3.50. The first-order valence-corrected chi connectivity index (χ1v) is 4.59. The molecule has 0 amide bonds. The lowest BCUT2D eigenvalue weighted by Gasteiger charge is -2.02. The SMILES string of the molecule is CCCC(=O)c1cccc(NC)c1. The third-order valence-electron chi connectivity index (χ3n) is 1.95. The maximum absolute atomic E-state index is 11.5. The van der Waals surface area contributed by atoms with E-state index in [1.165, 1.54) is 0 Å². The Hall–Kier alpha value is -1.31. The number of hydrogen-bond donors (Lipinski definition) is 1. The van der Waals surface area contributed by atoms with Gasteiger partial charge in [-0.15, -0.1) is 0 Å². The van der Waals surface area contributed by atoms with E-state index in [0.717, 1.165) is 17.7 Å². The molecule has 1 aromatic carbocycles. The molecule has 0 aliphatic carbocycles. The summed E-state index contributed by atoms with van der Waals surface area (Å²) in [5.74, 6) is 0.222. The average molecular weight is 177 g/mol. The highest BCUT2D eigenvalue weighted by molar-refractivity contribution is 5.96. The van der Waals surface area contributed by atoms with Crippen LogP contribution in [0, 0.1) is 0 Å². The van der Waals surface area contributed by atoms with Crippen molar-refractivity contribution >= 4 is 11.5 Å². The molecule has 1 aromatic rings. The van der Waals surface area contributed by atoms with Crippen molar-refractivity contribution in [1.82, 2.24) is 0 Å². The second kappa shape index (κ2) is 4.65. The summed E-state index contributed by atoms with van der Waals surface area (Å²) in [5, 5.41) is 3.01. The van der Waals surface area contributed by atoms with Crippen molar-refractivity contribution in [2.45, 2.75) is 19.8 Å². The lowest BCUT2D eigenvalue weighted by Crippen LogP contribution is -1.99. The molecule has 2 nitrogen and oxygen atoms in total. The van der Waals surface area contributed by atoms with Crippen molar-refractivity contribution in [2.24, 2.45) is 0 Å². The van der Waals surface area contributed by atoms with Crippen molar-refractivity contribution in [3.05, 3.63) is 29.8 Å². The Balaban J connectivity index is 2.82. The number of rotatable bonds is 4. The molecule has 0 unspecified atom stereocenters. The zero-order valence-electron chi connectivity index (χ0n) is 8.13. The molecule has 0 atom stereocenters. The molecule has 0 aliphatic rings. The second-order valence-electron chi connectivity index (χ2n) is 3.00. The summed E-state index contributed by atoms with van der Waals surface area (Å²) in [6.07, 6.45) is 1.54. The molecular formula is C11H15NO. The van der Waals surface area contributed by atoms with E-state index in [1.807, 2.05) is 38.2 Å². The van der Waals surface area contributed by atoms with Crippen LogP contribution >= 0.6 is 0 Å². The van der Waals surface area contributed by atoms with Crippen LogP contribution in [0.4, 0.5) is 5.69 Å². The van der Waals surface area contributed by atoms with Crippen LogP contribution in [0.1, 0.15) is 30.1 Å². The van der Waals surface area contributed by atoms with Gasteiger partial charge in [0.2, 0.25) is 0 Å². The van der Waals surface area contributed by atoms with Crippen molar-refractivity contribution in [3.8, 4) is 0 Å². The van der Waals surface area contributed by atoms with E-state index >= 15 is 0 Å². The molecule has 70 valence electrons. The molecule has 1 rings (SSSR count). The molecule has 1 N–H and O–H groups in total. The summed E-state index contributed by atoms with van der Waals surface area (Å²) < 4.78 is 0. The first kappa shape index (κ1) is 9.78. The maximum Gasteiger partial charge on any atom is 0.162 e. The Morgan fingerprint density at radius 1 is 1.46 bits per heavy atom. The molecule has 0 heterocycles. The van der Waals surface area contributed by atoms with E-state index in [4.69, 9.17) is 0 Å². The summed E-state index contributed by atoms with van der Waals surface area (Å²) in [7, 11) is 1.85. The molecule has 0 spiro atoms. The Morgan fingerprint density at radius 3 is 2.85 bits per heavy atom. The van der Waals surface area contributed by atoms with Crippen LogP contribution in [0.2, 0.25) is 0 Å². The Morgan fingerprint density at radius 2 is 2.23 bits per heavy atom. The highest BCUT2D eigenvalue weighted by Gasteiger charge is 2.03. The molecule has 0 aliphatic heterocycles. The van der Waals surface area contributed by atoms with Crippen molar-refractivity contribution < 1.29 is 4.79 Å². The molecule has 0 radical (unpaired) electrons. The van der Waals surface area contributed by atoms with Crippen molar-refractivity contribution in [2.75, 3.05) is 12.4 Å². The summed E-state index contributed by atoms with van der Waals surface area (Å²) in [4.78, 5) is 11.5. The van der Waals surface area contributed by atoms with Gasteiger partial charge in [0.15, 0.2) is 5.78 Å². The lowest BCUT2D eigenvalue weighted by atomic mass is 10.1. The van der Waals surface area contributed by atoms with Gasteiger partial charge >= 0.3 is 0 Å².